The zero-order valence-electron chi connectivity index (χ0n) is 19.6. The molecule has 168 valence electrons. The molecule has 2 aromatic rings. The Morgan fingerprint density at radius 3 is 2.03 bits per heavy atom. The molecule has 1 atom stereocenters. The summed E-state index contributed by atoms with van der Waals surface area (Å²) in [4.78, 5) is 0. The van der Waals surface area contributed by atoms with Crippen LogP contribution in [-0.4, -0.2) is 40.2 Å². The maximum absolute atomic E-state index is 9.90. The van der Waals surface area contributed by atoms with Crippen LogP contribution >= 0.6 is 0 Å². The van der Waals surface area contributed by atoms with Crippen LogP contribution in [0, 0.1) is 25.7 Å². The molecule has 0 heterocycles. The zero-order valence-corrected chi connectivity index (χ0v) is 19.6. The SMILES string of the molecule is CCC(CC)(c1ccc(C#CC(C)(C)O)c(C)c1)c1ccc(OCC(O)CO)c(C)c1. The first-order chi connectivity index (χ1) is 14.6. The molecule has 1 unspecified atom stereocenters. The molecule has 0 amide bonds. The van der Waals surface area contributed by atoms with Gasteiger partial charge in [-0.15, -0.1) is 0 Å². The third kappa shape index (κ3) is 6.11. The molecule has 0 fully saturated rings. The molecule has 0 radical (unpaired) electrons. The largest absolute Gasteiger partial charge is 0.491 e. The molecular weight excluding hydrogens is 388 g/mol. The van der Waals surface area contributed by atoms with Crippen LogP contribution in [0.15, 0.2) is 36.4 Å². The van der Waals surface area contributed by atoms with Gasteiger partial charge in [-0.2, -0.15) is 0 Å². The van der Waals surface area contributed by atoms with E-state index in [4.69, 9.17) is 9.84 Å². The molecule has 0 bridgehead atoms. The summed E-state index contributed by atoms with van der Waals surface area (Å²) in [7, 11) is 0. The molecule has 0 spiro atoms. The summed E-state index contributed by atoms with van der Waals surface area (Å²) < 4.78 is 5.67. The lowest BCUT2D eigenvalue weighted by molar-refractivity contribution is 0.0534. The number of ether oxygens (including phenoxy) is 1. The number of hydrogen-bond acceptors (Lipinski definition) is 4. The number of aryl methyl sites for hydroxylation is 2. The van der Waals surface area contributed by atoms with Gasteiger partial charge in [-0.25, -0.2) is 0 Å². The van der Waals surface area contributed by atoms with Crippen molar-refractivity contribution in [3.63, 3.8) is 0 Å². The van der Waals surface area contributed by atoms with Crippen molar-refractivity contribution in [3.8, 4) is 17.6 Å². The maximum Gasteiger partial charge on any atom is 0.122 e. The van der Waals surface area contributed by atoms with Crippen LogP contribution in [0.2, 0.25) is 0 Å². The molecule has 0 aromatic heterocycles. The first-order valence-electron chi connectivity index (χ1n) is 11.0. The molecular formula is C27H36O4. The van der Waals surface area contributed by atoms with Crippen molar-refractivity contribution in [1.82, 2.24) is 0 Å². The lowest BCUT2D eigenvalue weighted by Crippen LogP contribution is -2.26. The molecule has 0 aliphatic rings. The second-order valence-corrected chi connectivity index (χ2v) is 8.76. The fourth-order valence-corrected chi connectivity index (χ4v) is 3.90. The van der Waals surface area contributed by atoms with E-state index in [2.05, 4.69) is 56.9 Å². The van der Waals surface area contributed by atoms with Gasteiger partial charge in [0.2, 0.25) is 0 Å². The van der Waals surface area contributed by atoms with E-state index >= 15 is 0 Å². The molecule has 4 nitrogen and oxygen atoms in total. The number of aliphatic hydroxyl groups is 3. The monoisotopic (exact) mass is 424 g/mol. The van der Waals surface area contributed by atoms with E-state index in [9.17, 15) is 10.2 Å². The highest BCUT2D eigenvalue weighted by atomic mass is 16.5. The van der Waals surface area contributed by atoms with E-state index in [-0.39, 0.29) is 18.6 Å². The number of aliphatic hydroxyl groups excluding tert-OH is 2. The van der Waals surface area contributed by atoms with Crippen molar-refractivity contribution in [2.75, 3.05) is 13.2 Å². The summed E-state index contributed by atoms with van der Waals surface area (Å²) in [6.07, 6.45) is 1.01. The third-order valence-corrected chi connectivity index (χ3v) is 5.86. The highest BCUT2D eigenvalue weighted by Crippen LogP contribution is 2.40. The normalized spacial score (nSPS) is 12.8. The minimum absolute atomic E-state index is 0.0652. The van der Waals surface area contributed by atoms with Gasteiger partial charge in [-0.1, -0.05) is 50.0 Å². The van der Waals surface area contributed by atoms with Gasteiger partial charge in [0, 0.05) is 11.0 Å². The summed E-state index contributed by atoms with van der Waals surface area (Å²) in [5.41, 5.74) is 4.33. The van der Waals surface area contributed by atoms with Crippen LogP contribution in [0.1, 0.15) is 68.4 Å². The fraction of sp³-hybridized carbons (Fsp3) is 0.481. The molecule has 4 heteroatoms. The first-order valence-corrected chi connectivity index (χ1v) is 11.0. The predicted octanol–water partition coefficient (Wildman–Crippen LogP) is 4.26. The van der Waals surface area contributed by atoms with Crippen LogP contribution in [-0.2, 0) is 5.41 Å². The average Bonchev–Trinajstić information content (AvgIpc) is 2.72. The van der Waals surface area contributed by atoms with Crippen molar-refractivity contribution < 1.29 is 20.1 Å². The van der Waals surface area contributed by atoms with E-state index in [1.54, 1.807) is 13.8 Å². The molecule has 0 aliphatic heterocycles. The number of hydrogen-bond donors (Lipinski definition) is 3. The van der Waals surface area contributed by atoms with Gasteiger partial charge in [0.05, 0.1) is 6.61 Å². The molecule has 31 heavy (non-hydrogen) atoms. The van der Waals surface area contributed by atoms with E-state index in [0.717, 1.165) is 29.5 Å². The average molecular weight is 425 g/mol. The second kappa shape index (κ2) is 10.3. The Labute approximate surface area is 186 Å². The van der Waals surface area contributed by atoms with Crippen LogP contribution < -0.4 is 4.74 Å². The molecule has 0 saturated heterocycles. The van der Waals surface area contributed by atoms with Crippen LogP contribution in [0.25, 0.3) is 0 Å². The Hall–Kier alpha value is -2.32. The van der Waals surface area contributed by atoms with Gasteiger partial charge in [0.15, 0.2) is 0 Å². The smallest absolute Gasteiger partial charge is 0.122 e. The molecule has 3 N–H and O–H groups in total. The minimum atomic E-state index is -1.02. The zero-order chi connectivity index (χ0) is 23.2. The highest BCUT2D eigenvalue weighted by Gasteiger charge is 2.31. The van der Waals surface area contributed by atoms with E-state index in [1.165, 1.54) is 11.1 Å². The van der Waals surface area contributed by atoms with Gasteiger partial charge in [0.1, 0.15) is 24.1 Å². The van der Waals surface area contributed by atoms with Gasteiger partial charge < -0.3 is 20.1 Å². The number of rotatable bonds is 8. The van der Waals surface area contributed by atoms with Crippen molar-refractivity contribution >= 4 is 0 Å². The predicted molar refractivity (Wildman–Crippen MR) is 125 cm³/mol. The first kappa shape index (κ1) is 24.9. The van der Waals surface area contributed by atoms with Gasteiger partial charge in [-0.3, -0.25) is 0 Å². The Morgan fingerprint density at radius 2 is 1.55 bits per heavy atom. The Balaban J connectivity index is 2.43. The van der Waals surface area contributed by atoms with E-state index < -0.39 is 11.7 Å². The molecule has 0 saturated carbocycles. The Morgan fingerprint density at radius 1 is 0.968 bits per heavy atom. The van der Waals surface area contributed by atoms with Crippen LogP contribution in [0.4, 0.5) is 0 Å². The maximum atomic E-state index is 9.90. The fourth-order valence-electron chi connectivity index (χ4n) is 3.90. The topological polar surface area (TPSA) is 69.9 Å². The standard InChI is InChI=1S/C27H36O4/c1-7-27(8-2,22-10-9-21(19(3)15-22)13-14-26(5,6)30)23-11-12-25(20(4)16-23)31-18-24(29)17-28/h9-12,15-16,24,28-30H,7-8,17-18H2,1-6H3. The molecule has 2 rings (SSSR count). The van der Waals surface area contributed by atoms with Crippen molar-refractivity contribution in [3.05, 3.63) is 64.2 Å². The molecule has 2 aromatic carbocycles. The minimum Gasteiger partial charge on any atom is -0.491 e. The lowest BCUT2D eigenvalue weighted by atomic mass is 9.70. The van der Waals surface area contributed by atoms with Gasteiger partial charge in [-0.05, 0) is 74.9 Å². The quantitative estimate of drug-likeness (QED) is 0.554. The summed E-state index contributed by atoms with van der Waals surface area (Å²) in [5.74, 6) is 6.70. The molecule has 0 aliphatic carbocycles. The number of benzene rings is 2. The second-order valence-electron chi connectivity index (χ2n) is 8.76. The third-order valence-electron chi connectivity index (χ3n) is 5.86. The Bertz CT molecular complexity index is 940. The van der Waals surface area contributed by atoms with Gasteiger partial charge >= 0.3 is 0 Å². The summed E-state index contributed by atoms with van der Waals surface area (Å²) in [5, 5.41) is 28.4. The van der Waals surface area contributed by atoms with Crippen molar-refractivity contribution in [2.24, 2.45) is 0 Å². The Kier molecular flexibility index (Phi) is 8.31. The van der Waals surface area contributed by atoms with Crippen molar-refractivity contribution in [1.29, 1.82) is 0 Å². The van der Waals surface area contributed by atoms with Crippen LogP contribution in [0.5, 0.6) is 5.75 Å². The summed E-state index contributed by atoms with van der Waals surface area (Å²) in [6.45, 7) is 11.6. The van der Waals surface area contributed by atoms with Crippen LogP contribution in [0.3, 0.4) is 0 Å². The lowest BCUT2D eigenvalue weighted by Gasteiger charge is -2.34. The van der Waals surface area contributed by atoms with E-state index in [0.29, 0.717) is 5.75 Å². The summed E-state index contributed by atoms with van der Waals surface area (Å²) in [6, 6.07) is 12.6. The van der Waals surface area contributed by atoms with E-state index in [1.807, 2.05) is 19.1 Å². The summed E-state index contributed by atoms with van der Waals surface area (Å²) >= 11 is 0. The van der Waals surface area contributed by atoms with Gasteiger partial charge in [0.25, 0.3) is 0 Å². The highest BCUT2D eigenvalue weighted by molar-refractivity contribution is 5.50. The van der Waals surface area contributed by atoms with Crippen molar-refractivity contribution in [2.45, 2.75) is 71.5 Å².